The van der Waals surface area contributed by atoms with Gasteiger partial charge in [-0.15, -0.1) is 0 Å². The van der Waals surface area contributed by atoms with Crippen molar-refractivity contribution in [1.82, 2.24) is 9.88 Å². The Morgan fingerprint density at radius 3 is 2.77 bits per heavy atom. The molecule has 0 spiro atoms. The van der Waals surface area contributed by atoms with Gasteiger partial charge < -0.3 is 4.74 Å². The third kappa shape index (κ3) is 3.20. The van der Waals surface area contributed by atoms with E-state index in [4.69, 9.17) is 4.74 Å². The highest BCUT2D eigenvalue weighted by molar-refractivity contribution is 5.91. The molecule has 1 saturated heterocycles. The number of ether oxygens (including phenoxy) is 1. The lowest BCUT2D eigenvalue weighted by Gasteiger charge is -2.45. The number of benzene rings is 1. The number of hydrogen-bond acceptors (Lipinski definition) is 3. The van der Waals surface area contributed by atoms with E-state index in [1.165, 1.54) is 11.1 Å². The molecule has 2 bridgehead atoms. The Hall–Kier alpha value is -2.36. The van der Waals surface area contributed by atoms with E-state index >= 15 is 0 Å². The van der Waals surface area contributed by atoms with Crippen LogP contribution in [0.15, 0.2) is 42.6 Å². The van der Waals surface area contributed by atoms with Gasteiger partial charge in [0, 0.05) is 23.2 Å². The zero-order valence-electron chi connectivity index (χ0n) is 15.7. The summed E-state index contributed by atoms with van der Waals surface area (Å²) >= 11 is 0. The van der Waals surface area contributed by atoms with Gasteiger partial charge in [0.05, 0.1) is 11.6 Å². The maximum absolute atomic E-state index is 12.7. The summed E-state index contributed by atoms with van der Waals surface area (Å²) in [7, 11) is 0. The Bertz CT molecular complexity index is 861. The van der Waals surface area contributed by atoms with Crippen LogP contribution in [0, 0.1) is 0 Å². The molecule has 2 aliphatic heterocycles. The third-order valence-electron chi connectivity index (χ3n) is 5.22. The van der Waals surface area contributed by atoms with Crippen LogP contribution in [-0.4, -0.2) is 33.7 Å². The van der Waals surface area contributed by atoms with Crippen molar-refractivity contribution in [2.75, 3.05) is 0 Å². The normalized spacial score (nSPS) is 22.9. The summed E-state index contributed by atoms with van der Waals surface area (Å²) in [4.78, 5) is 19.3. The molecule has 0 N–H and O–H groups in total. The summed E-state index contributed by atoms with van der Waals surface area (Å²) in [6, 6.07) is 10.7. The lowest BCUT2D eigenvalue weighted by atomic mass is 9.82. The number of para-hydroxylation sites is 1. The number of fused-ring (bicyclic) bond motifs is 3. The number of nitrogens with zero attached hydrogens (tertiary/aromatic N) is 2. The Morgan fingerprint density at radius 2 is 2.00 bits per heavy atom. The molecule has 1 amide bonds. The molecule has 2 aromatic rings. The number of aromatic nitrogens is 1. The number of rotatable bonds is 1. The molecule has 4 heteroatoms. The van der Waals surface area contributed by atoms with Crippen molar-refractivity contribution in [3.8, 4) is 0 Å². The number of piperidine rings is 1. The van der Waals surface area contributed by atoms with Gasteiger partial charge >= 0.3 is 6.09 Å². The van der Waals surface area contributed by atoms with Crippen LogP contribution in [0.3, 0.4) is 0 Å². The van der Waals surface area contributed by atoms with Gasteiger partial charge in [-0.05, 0) is 58.1 Å². The first-order valence-corrected chi connectivity index (χ1v) is 9.48. The van der Waals surface area contributed by atoms with Gasteiger partial charge in [-0.25, -0.2) is 4.79 Å². The van der Waals surface area contributed by atoms with Crippen molar-refractivity contribution in [2.45, 2.75) is 64.1 Å². The molecule has 4 rings (SSSR count). The maximum atomic E-state index is 12.7. The van der Waals surface area contributed by atoms with Crippen LogP contribution in [0.25, 0.3) is 16.5 Å². The highest BCUT2D eigenvalue weighted by Gasteiger charge is 2.39. The molecule has 4 nitrogen and oxygen atoms in total. The number of carbonyl (C=O) groups excluding carboxylic acids is 1. The Morgan fingerprint density at radius 1 is 1.19 bits per heavy atom. The van der Waals surface area contributed by atoms with Crippen molar-refractivity contribution in [3.63, 3.8) is 0 Å². The highest BCUT2D eigenvalue weighted by Crippen LogP contribution is 2.39. The Labute approximate surface area is 154 Å². The standard InChI is InChI=1S/C22H26N2O2/c1-22(2,3)26-21(25)24-17-9-5-10-18(24)14-16(13-17)19-11-4-7-15-8-6-12-23-20(15)19/h4,6-8,11-13,17-18H,5,9-10,14H2,1-3H3. The summed E-state index contributed by atoms with van der Waals surface area (Å²) in [5, 5.41) is 1.16. The van der Waals surface area contributed by atoms with Gasteiger partial charge in [-0.3, -0.25) is 9.88 Å². The zero-order valence-corrected chi connectivity index (χ0v) is 15.7. The van der Waals surface area contributed by atoms with Crippen molar-refractivity contribution in [1.29, 1.82) is 0 Å². The lowest BCUT2D eigenvalue weighted by molar-refractivity contribution is 0.0000926. The van der Waals surface area contributed by atoms with E-state index in [2.05, 4.69) is 35.3 Å². The van der Waals surface area contributed by atoms with Crippen LogP contribution < -0.4 is 0 Å². The minimum Gasteiger partial charge on any atom is -0.444 e. The summed E-state index contributed by atoms with van der Waals surface area (Å²) < 4.78 is 5.67. The van der Waals surface area contributed by atoms with Gasteiger partial charge in [0.25, 0.3) is 0 Å². The van der Waals surface area contributed by atoms with Gasteiger partial charge in [0.1, 0.15) is 5.60 Å². The van der Waals surface area contributed by atoms with E-state index in [1.54, 1.807) is 0 Å². The molecule has 0 radical (unpaired) electrons. The van der Waals surface area contributed by atoms with Crippen LogP contribution in [-0.2, 0) is 4.74 Å². The van der Waals surface area contributed by atoms with Gasteiger partial charge in [0.2, 0.25) is 0 Å². The second-order valence-electron chi connectivity index (χ2n) is 8.32. The largest absolute Gasteiger partial charge is 0.444 e. The summed E-state index contributed by atoms with van der Waals surface area (Å²) in [5.74, 6) is 0. The Kier molecular flexibility index (Phi) is 4.22. The SMILES string of the molecule is CC(C)(C)OC(=O)N1C2C=C(c3cccc4cccnc34)CC1CCC2. The van der Waals surface area contributed by atoms with E-state index in [1.807, 2.05) is 37.9 Å². The second-order valence-corrected chi connectivity index (χ2v) is 8.32. The van der Waals surface area contributed by atoms with Gasteiger partial charge in [0.15, 0.2) is 0 Å². The predicted octanol–water partition coefficient (Wildman–Crippen LogP) is 5.18. The van der Waals surface area contributed by atoms with Crippen LogP contribution in [0.5, 0.6) is 0 Å². The van der Waals surface area contributed by atoms with Crippen LogP contribution in [0.2, 0.25) is 0 Å². The van der Waals surface area contributed by atoms with Crippen molar-refractivity contribution < 1.29 is 9.53 Å². The summed E-state index contributed by atoms with van der Waals surface area (Å²) in [6.07, 6.45) is 7.99. The number of hydrogen-bond donors (Lipinski definition) is 0. The molecule has 136 valence electrons. The highest BCUT2D eigenvalue weighted by atomic mass is 16.6. The van der Waals surface area contributed by atoms with E-state index in [9.17, 15) is 4.79 Å². The van der Waals surface area contributed by atoms with Gasteiger partial charge in [-0.1, -0.05) is 30.3 Å². The van der Waals surface area contributed by atoms with Crippen LogP contribution >= 0.6 is 0 Å². The molecule has 26 heavy (non-hydrogen) atoms. The zero-order chi connectivity index (χ0) is 18.3. The molecule has 1 fully saturated rings. The van der Waals surface area contributed by atoms with Crippen molar-refractivity contribution >= 4 is 22.6 Å². The number of amides is 1. The van der Waals surface area contributed by atoms with Crippen molar-refractivity contribution in [2.24, 2.45) is 0 Å². The minimum atomic E-state index is -0.463. The summed E-state index contributed by atoms with van der Waals surface area (Å²) in [6.45, 7) is 5.77. The molecule has 2 atom stereocenters. The van der Waals surface area contributed by atoms with E-state index < -0.39 is 5.60 Å². The molecule has 0 aliphatic carbocycles. The van der Waals surface area contributed by atoms with Crippen LogP contribution in [0.4, 0.5) is 4.79 Å². The van der Waals surface area contributed by atoms with E-state index in [0.29, 0.717) is 0 Å². The smallest absolute Gasteiger partial charge is 0.411 e. The van der Waals surface area contributed by atoms with E-state index in [0.717, 1.165) is 36.6 Å². The number of carbonyl (C=O) groups is 1. The fourth-order valence-corrected chi connectivity index (χ4v) is 4.19. The first-order chi connectivity index (χ1) is 12.4. The molecule has 3 heterocycles. The predicted molar refractivity (Wildman–Crippen MR) is 104 cm³/mol. The quantitative estimate of drug-likeness (QED) is 0.711. The molecule has 2 aliphatic rings. The molecular weight excluding hydrogens is 324 g/mol. The second kappa shape index (κ2) is 6.42. The molecule has 1 aromatic heterocycles. The fourth-order valence-electron chi connectivity index (χ4n) is 4.19. The van der Waals surface area contributed by atoms with Gasteiger partial charge in [-0.2, -0.15) is 0 Å². The number of pyridine rings is 1. The molecule has 0 saturated carbocycles. The van der Waals surface area contributed by atoms with E-state index in [-0.39, 0.29) is 18.2 Å². The summed E-state index contributed by atoms with van der Waals surface area (Å²) in [5.41, 5.74) is 3.09. The monoisotopic (exact) mass is 350 g/mol. The maximum Gasteiger partial charge on any atom is 0.411 e. The first-order valence-electron chi connectivity index (χ1n) is 9.48. The lowest BCUT2D eigenvalue weighted by Crippen LogP contribution is -2.53. The van der Waals surface area contributed by atoms with Crippen LogP contribution in [0.1, 0.15) is 52.0 Å². The first kappa shape index (κ1) is 17.1. The fraction of sp³-hybridized carbons (Fsp3) is 0.455. The topological polar surface area (TPSA) is 42.4 Å². The minimum absolute atomic E-state index is 0.117. The average molecular weight is 350 g/mol. The molecule has 1 aromatic carbocycles. The molecular formula is C22H26N2O2. The molecule has 2 unspecified atom stereocenters. The van der Waals surface area contributed by atoms with Crippen molar-refractivity contribution in [3.05, 3.63) is 48.2 Å². The average Bonchev–Trinajstić information content (AvgIpc) is 2.58. The Balaban J connectivity index is 1.69. The third-order valence-corrected chi connectivity index (χ3v) is 5.22.